The number of hydrogen-bond acceptors (Lipinski definition) is 8. The molecule has 1 aliphatic heterocycles. The Morgan fingerprint density at radius 3 is 2.45 bits per heavy atom. The first-order valence-electron chi connectivity index (χ1n) is 15.3. The number of nitrogens with zero attached hydrogens (tertiary/aromatic N) is 1. The van der Waals surface area contributed by atoms with E-state index in [0.29, 0.717) is 65.4 Å². The summed E-state index contributed by atoms with van der Waals surface area (Å²) in [6, 6.07) is 2.39. The molecule has 10 nitrogen and oxygen atoms in total. The van der Waals surface area contributed by atoms with Gasteiger partial charge in [-0.1, -0.05) is 0 Å². The minimum Gasteiger partial charge on any atom is -0.493 e. The molecule has 2 amide bonds. The molecule has 4 saturated carbocycles. The van der Waals surface area contributed by atoms with E-state index in [1.54, 1.807) is 23.1 Å². The lowest BCUT2D eigenvalue weighted by Crippen LogP contribution is -2.60. The molecule has 1 aromatic rings. The Hall–Kier alpha value is -2.95. The molecule has 4 bridgehead atoms. The number of aliphatic hydroxyl groups is 2. The van der Waals surface area contributed by atoms with Gasteiger partial charge in [-0.25, -0.2) is 0 Å². The molecule has 0 saturated heterocycles. The van der Waals surface area contributed by atoms with Gasteiger partial charge in [-0.05, 0) is 86.8 Å². The minimum atomic E-state index is -1.15. The summed E-state index contributed by atoms with van der Waals surface area (Å²) in [5.41, 5.74) is 1.24. The number of methoxy groups -OCH3 is 1. The molecule has 3 N–H and O–H groups in total. The molecular weight excluding hydrogens is 540 g/mol. The molecule has 6 aliphatic rings. The number of nitrogens with one attached hydrogen (secondary N) is 1. The molecule has 0 radical (unpaired) electrons. The normalized spacial score (nSPS) is 33.7. The highest BCUT2D eigenvalue weighted by molar-refractivity contribution is 5.96. The van der Waals surface area contributed by atoms with Crippen molar-refractivity contribution in [2.75, 3.05) is 40.0 Å². The minimum absolute atomic E-state index is 0.0120. The summed E-state index contributed by atoms with van der Waals surface area (Å²) in [7, 11) is 1.47. The van der Waals surface area contributed by atoms with E-state index in [9.17, 15) is 24.6 Å². The first kappa shape index (κ1) is 29.1. The summed E-state index contributed by atoms with van der Waals surface area (Å²) in [6.07, 6.45) is 7.40. The van der Waals surface area contributed by atoms with Crippen molar-refractivity contribution in [3.05, 3.63) is 34.9 Å². The van der Waals surface area contributed by atoms with E-state index in [1.165, 1.54) is 26.4 Å². The predicted molar refractivity (Wildman–Crippen MR) is 152 cm³/mol. The van der Waals surface area contributed by atoms with Gasteiger partial charge in [0.05, 0.1) is 25.7 Å². The Labute approximate surface area is 246 Å². The van der Waals surface area contributed by atoms with Gasteiger partial charge in [0.2, 0.25) is 11.8 Å². The molecule has 228 valence electrons. The largest absolute Gasteiger partial charge is 0.493 e. The fourth-order valence-corrected chi connectivity index (χ4v) is 9.04. The molecule has 1 aromatic carbocycles. The summed E-state index contributed by atoms with van der Waals surface area (Å²) < 4.78 is 17.4. The van der Waals surface area contributed by atoms with Crippen LogP contribution < -0.4 is 14.8 Å². The molecule has 0 spiro atoms. The van der Waals surface area contributed by atoms with E-state index in [2.05, 4.69) is 5.32 Å². The summed E-state index contributed by atoms with van der Waals surface area (Å²) in [5, 5.41) is 24.1. The van der Waals surface area contributed by atoms with Crippen molar-refractivity contribution in [3.8, 4) is 11.5 Å². The fourth-order valence-electron chi connectivity index (χ4n) is 9.04. The second-order valence-corrected chi connectivity index (χ2v) is 13.0. The maximum atomic E-state index is 13.8. The van der Waals surface area contributed by atoms with Crippen molar-refractivity contribution in [1.82, 2.24) is 10.2 Å². The van der Waals surface area contributed by atoms with Gasteiger partial charge in [0.25, 0.3) is 0 Å². The van der Waals surface area contributed by atoms with Crippen molar-refractivity contribution < 1.29 is 38.8 Å². The lowest BCUT2D eigenvalue weighted by atomic mass is 9.49. The molecule has 1 heterocycles. The van der Waals surface area contributed by atoms with Crippen molar-refractivity contribution in [2.45, 2.75) is 69.6 Å². The zero-order valence-corrected chi connectivity index (χ0v) is 24.4. The summed E-state index contributed by atoms with van der Waals surface area (Å²) in [4.78, 5) is 40.9. The van der Waals surface area contributed by atoms with Gasteiger partial charge in [-0.3, -0.25) is 14.4 Å². The lowest BCUT2D eigenvalue weighted by molar-refractivity contribution is -0.149. The van der Waals surface area contributed by atoms with Crippen LogP contribution in [-0.2, 0) is 14.3 Å². The van der Waals surface area contributed by atoms with Gasteiger partial charge in [0, 0.05) is 36.4 Å². The third-order valence-corrected chi connectivity index (χ3v) is 10.2. The van der Waals surface area contributed by atoms with Crippen molar-refractivity contribution in [1.29, 1.82) is 0 Å². The number of carbonyl (C=O) groups is 3. The molecule has 0 aromatic heterocycles. The second kappa shape index (κ2) is 11.6. The van der Waals surface area contributed by atoms with Crippen LogP contribution in [0.3, 0.4) is 0 Å². The van der Waals surface area contributed by atoms with Gasteiger partial charge >= 0.3 is 0 Å². The Morgan fingerprint density at radius 2 is 1.86 bits per heavy atom. The molecule has 5 aliphatic carbocycles. The zero-order valence-electron chi connectivity index (χ0n) is 24.4. The Balaban J connectivity index is 1.40. The van der Waals surface area contributed by atoms with Gasteiger partial charge in [-0.2, -0.15) is 0 Å². The predicted octanol–water partition coefficient (Wildman–Crippen LogP) is 2.21. The summed E-state index contributed by atoms with van der Waals surface area (Å²) in [6.45, 7) is 2.42. The highest BCUT2D eigenvalue weighted by Crippen LogP contribution is 2.60. The van der Waals surface area contributed by atoms with E-state index < -0.39 is 30.1 Å². The van der Waals surface area contributed by atoms with E-state index in [1.807, 2.05) is 6.92 Å². The summed E-state index contributed by atoms with van der Waals surface area (Å²) in [5.74, 6) is 1.41. The van der Waals surface area contributed by atoms with Crippen LogP contribution in [0.2, 0.25) is 0 Å². The van der Waals surface area contributed by atoms with Crippen molar-refractivity contribution in [3.63, 3.8) is 0 Å². The zero-order chi connectivity index (χ0) is 29.6. The van der Waals surface area contributed by atoms with Gasteiger partial charge < -0.3 is 34.6 Å². The first-order valence-corrected chi connectivity index (χ1v) is 15.3. The van der Waals surface area contributed by atoms with Gasteiger partial charge in [-0.15, -0.1) is 0 Å². The van der Waals surface area contributed by atoms with Gasteiger partial charge in [0.1, 0.15) is 25.1 Å². The number of hydrogen-bond donors (Lipinski definition) is 3. The highest BCUT2D eigenvalue weighted by atomic mass is 16.5. The molecule has 4 atom stereocenters. The van der Waals surface area contributed by atoms with Crippen LogP contribution >= 0.6 is 0 Å². The standard InChI is InChI=1S/C32H42N2O8/c1-3-41-16-26(37)34(17-32-12-18-6-19(13-32)8-20(7-18)14-32)24-11-23(31(39)33-4-5-35)27-22-9-21(15-36)10-25(40-2)29(22)42-30(27)28(24)38/h9-11,15,18-20,24,27-28,30,35,38H,3-8,12-14,16-17H2,1-2H3,(H,33,39). The average Bonchev–Trinajstić information content (AvgIpc) is 3.36. The number of rotatable bonds is 11. The third kappa shape index (κ3) is 5.11. The molecule has 42 heavy (non-hydrogen) atoms. The maximum Gasteiger partial charge on any atom is 0.249 e. The van der Waals surface area contributed by atoms with Crippen LogP contribution in [-0.4, -0.2) is 91.5 Å². The Bertz CT molecular complexity index is 1230. The second-order valence-electron chi connectivity index (χ2n) is 13.0. The van der Waals surface area contributed by atoms with E-state index in [-0.39, 0.29) is 31.1 Å². The molecule has 10 heteroatoms. The molecular formula is C32H42N2O8. The average molecular weight is 583 g/mol. The number of aldehydes is 1. The van der Waals surface area contributed by atoms with E-state index in [4.69, 9.17) is 14.2 Å². The monoisotopic (exact) mass is 582 g/mol. The molecule has 4 unspecified atom stereocenters. The fraction of sp³-hybridized carbons (Fsp3) is 0.656. The van der Waals surface area contributed by atoms with E-state index >= 15 is 0 Å². The van der Waals surface area contributed by atoms with Crippen molar-refractivity contribution in [2.24, 2.45) is 23.2 Å². The Morgan fingerprint density at radius 1 is 1.17 bits per heavy atom. The van der Waals surface area contributed by atoms with Crippen LogP contribution in [0.1, 0.15) is 67.3 Å². The number of carbonyl (C=O) groups excluding carboxylic acids is 3. The van der Waals surface area contributed by atoms with Crippen LogP contribution in [0.25, 0.3) is 0 Å². The number of benzene rings is 1. The molecule has 7 rings (SSSR count). The lowest BCUT2D eigenvalue weighted by Gasteiger charge is -2.58. The Kier molecular flexibility index (Phi) is 8.06. The molecule has 4 fully saturated rings. The van der Waals surface area contributed by atoms with Crippen molar-refractivity contribution >= 4 is 18.1 Å². The van der Waals surface area contributed by atoms with E-state index in [0.717, 1.165) is 19.3 Å². The number of amides is 2. The van der Waals surface area contributed by atoms with Crippen LogP contribution in [0.15, 0.2) is 23.8 Å². The number of fused-ring (bicyclic) bond motifs is 3. The summed E-state index contributed by atoms with van der Waals surface area (Å²) >= 11 is 0. The van der Waals surface area contributed by atoms with Crippen LogP contribution in [0.4, 0.5) is 0 Å². The van der Waals surface area contributed by atoms with Crippen LogP contribution in [0, 0.1) is 23.2 Å². The highest BCUT2D eigenvalue weighted by Gasteiger charge is 2.55. The topological polar surface area (TPSA) is 135 Å². The van der Waals surface area contributed by atoms with Gasteiger partial charge in [0.15, 0.2) is 11.5 Å². The maximum absolute atomic E-state index is 13.8. The number of aliphatic hydroxyl groups excluding tert-OH is 2. The third-order valence-electron chi connectivity index (χ3n) is 10.2. The smallest absolute Gasteiger partial charge is 0.249 e. The number of ether oxygens (including phenoxy) is 3. The van der Waals surface area contributed by atoms with Crippen LogP contribution in [0.5, 0.6) is 11.5 Å². The quantitative estimate of drug-likeness (QED) is 0.338. The first-order chi connectivity index (χ1) is 20.3. The SMILES string of the molecule is CCOCC(=O)N(CC12CC3CC(CC(C3)C1)C2)C1C=C(C(=O)NCCO)C2c3cc(C=O)cc(OC)c3OC2C1O.